The molecular weight excluding hydrogens is 298 g/mol. The van der Waals surface area contributed by atoms with E-state index in [1.807, 2.05) is 50.5 Å². The smallest absolute Gasteiger partial charge is 0.151 e. The summed E-state index contributed by atoms with van der Waals surface area (Å²) in [5.74, 6) is 0.0460. The van der Waals surface area contributed by atoms with Crippen LogP contribution in [0, 0.1) is 6.92 Å². The number of nitrogens with zero attached hydrogens (tertiary/aromatic N) is 3. The van der Waals surface area contributed by atoms with Crippen LogP contribution < -0.4 is 0 Å². The van der Waals surface area contributed by atoms with Crippen LogP contribution in [0.4, 0.5) is 0 Å². The van der Waals surface area contributed by atoms with Crippen LogP contribution in [0.2, 0.25) is 0 Å². The molecule has 0 bridgehead atoms. The summed E-state index contributed by atoms with van der Waals surface area (Å²) in [7, 11) is -1.17. The van der Waals surface area contributed by atoms with E-state index in [0.717, 1.165) is 33.4 Å². The Kier molecular flexibility index (Phi) is 3.48. The Morgan fingerprint density at radius 3 is 2.55 bits per heavy atom. The first-order valence-electron chi connectivity index (χ1n) is 6.90. The quantitative estimate of drug-likeness (QED) is 0.745. The van der Waals surface area contributed by atoms with Gasteiger partial charge in [0.1, 0.15) is 5.69 Å². The van der Waals surface area contributed by atoms with E-state index in [0.29, 0.717) is 0 Å². The van der Waals surface area contributed by atoms with E-state index in [4.69, 9.17) is 0 Å². The summed E-state index contributed by atoms with van der Waals surface area (Å²) in [5, 5.41) is 5.34. The third-order valence-corrected chi connectivity index (χ3v) is 4.34. The lowest BCUT2D eigenvalue weighted by atomic mass is 10.1. The van der Waals surface area contributed by atoms with Gasteiger partial charge >= 0.3 is 0 Å². The molecule has 3 aromatic rings. The standard InChI is InChI=1S/C16H17N3O2S/c1-11-8-16(15-6-7-19(2)18-15)17-14-5-4-12(9-13(11)14)10-22(3,20)21/h4-9H,10H2,1-3H3. The Balaban J connectivity index is 2.10. The third kappa shape index (κ3) is 3.01. The summed E-state index contributed by atoms with van der Waals surface area (Å²) < 4.78 is 24.6. The Bertz CT molecular complexity index is 959. The minimum Gasteiger partial charge on any atom is -0.275 e. The molecule has 0 unspecified atom stereocenters. The molecule has 2 heterocycles. The molecule has 0 spiro atoms. The van der Waals surface area contributed by atoms with E-state index >= 15 is 0 Å². The largest absolute Gasteiger partial charge is 0.275 e. The van der Waals surface area contributed by atoms with Crippen LogP contribution in [0.3, 0.4) is 0 Å². The van der Waals surface area contributed by atoms with Gasteiger partial charge < -0.3 is 0 Å². The number of aromatic nitrogens is 3. The van der Waals surface area contributed by atoms with Crippen molar-refractivity contribution in [1.29, 1.82) is 0 Å². The van der Waals surface area contributed by atoms with E-state index in [-0.39, 0.29) is 5.75 Å². The van der Waals surface area contributed by atoms with Gasteiger partial charge in [-0.25, -0.2) is 13.4 Å². The first kappa shape index (κ1) is 14.7. The molecule has 0 aliphatic carbocycles. The van der Waals surface area contributed by atoms with Crippen molar-refractivity contribution in [3.8, 4) is 11.4 Å². The highest BCUT2D eigenvalue weighted by Gasteiger charge is 2.10. The molecule has 0 saturated heterocycles. The molecule has 0 N–H and O–H groups in total. The zero-order chi connectivity index (χ0) is 15.9. The molecule has 0 aliphatic heterocycles. The maximum atomic E-state index is 11.4. The number of hydrogen-bond donors (Lipinski definition) is 0. The fourth-order valence-corrected chi connectivity index (χ4v) is 3.30. The van der Waals surface area contributed by atoms with Gasteiger partial charge in [0.2, 0.25) is 0 Å². The van der Waals surface area contributed by atoms with Gasteiger partial charge in [-0.1, -0.05) is 6.07 Å². The Labute approximate surface area is 129 Å². The summed E-state index contributed by atoms with van der Waals surface area (Å²) in [6.07, 6.45) is 3.12. The van der Waals surface area contributed by atoms with Crippen LogP contribution in [0.25, 0.3) is 22.3 Å². The van der Waals surface area contributed by atoms with Gasteiger partial charge in [0.05, 0.1) is 17.0 Å². The molecule has 0 amide bonds. The molecule has 22 heavy (non-hydrogen) atoms. The number of fused-ring (bicyclic) bond motifs is 1. The summed E-state index contributed by atoms with van der Waals surface area (Å²) in [5.41, 5.74) is 4.33. The monoisotopic (exact) mass is 315 g/mol. The average Bonchev–Trinajstić information content (AvgIpc) is 2.84. The van der Waals surface area contributed by atoms with Gasteiger partial charge in [-0.2, -0.15) is 5.10 Å². The number of rotatable bonds is 3. The maximum Gasteiger partial charge on any atom is 0.151 e. The molecule has 6 heteroatoms. The summed E-state index contributed by atoms with van der Waals surface area (Å²) >= 11 is 0. The SMILES string of the molecule is Cc1cc(-c2ccn(C)n2)nc2ccc(CS(C)(=O)=O)cc12. The van der Waals surface area contributed by atoms with Crippen molar-refractivity contribution in [2.45, 2.75) is 12.7 Å². The molecule has 0 aliphatic rings. The molecule has 114 valence electrons. The predicted octanol–water partition coefficient (Wildman–Crippen LogP) is 2.49. The normalized spacial score (nSPS) is 12.0. The van der Waals surface area contributed by atoms with Crippen molar-refractivity contribution in [3.63, 3.8) is 0 Å². The van der Waals surface area contributed by atoms with Crippen molar-refractivity contribution >= 4 is 20.7 Å². The van der Waals surface area contributed by atoms with E-state index in [2.05, 4.69) is 10.1 Å². The van der Waals surface area contributed by atoms with Crippen LogP contribution in [0.1, 0.15) is 11.1 Å². The zero-order valence-corrected chi connectivity index (χ0v) is 13.6. The highest BCUT2D eigenvalue weighted by molar-refractivity contribution is 7.89. The zero-order valence-electron chi connectivity index (χ0n) is 12.7. The van der Waals surface area contributed by atoms with Gasteiger partial charge in [-0.3, -0.25) is 4.68 Å². The molecule has 5 nitrogen and oxygen atoms in total. The van der Waals surface area contributed by atoms with Crippen LogP contribution in [0.5, 0.6) is 0 Å². The van der Waals surface area contributed by atoms with Gasteiger partial charge in [0.15, 0.2) is 9.84 Å². The number of pyridine rings is 1. The van der Waals surface area contributed by atoms with Crippen molar-refractivity contribution in [3.05, 3.63) is 47.7 Å². The van der Waals surface area contributed by atoms with Crippen LogP contribution in [-0.2, 0) is 22.6 Å². The fraction of sp³-hybridized carbons (Fsp3) is 0.250. The van der Waals surface area contributed by atoms with E-state index in [1.54, 1.807) is 4.68 Å². The lowest BCUT2D eigenvalue weighted by Crippen LogP contribution is -2.01. The van der Waals surface area contributed by atoms with Crippen LogP contribution in [-0.4, -0.2) is 29.4 Å². The van der Waals surface area contributed by atoms with Crippen LogP contribution >= 0.6 is 0 Å². The highest BCUT2D eigenvalue weighted by Crippen LogP contribution is 2.24. The van der Waals surface area contributed by atoms with E-state index in [1.165, 1.54) is 6.26 Å². The molecule has 0 saturated carbocycles. The molecule has 1 aromatic carbocycles. The lowest BCUT2D eigenvalue weighted by molar-refractivity contribution is 0.601. The predicted molar refractivity (Wildman–Crippen MR) is 87.2 cm³/mol. The number of hydrogen-bond acceptors (Lipinski definition) is 4. The minimum absolute atomic E-state index is 0.0460. The third-order valence-electron chi connectivity index (χ3n) is 3.48. The molecule has 0 fully saturated rings. The van der Waals surface area contributed by atoms with Gasteiger partial charge in [-0.05, 0) is 42.3 Å². The summed E-state index contributed by atoms with van der Waals surface area (Å²) in [4.78, 5) is 4.63. The van der Waals surface area contributed by atoms with E-state index < -0.39 is 9.84 Å². The molecular formula is C16H17N3O2S. The van der Waals surface area contributed by atoms with Crippen molar-refractivity contribution < 1.29 is 8.42 Å². The molecule has 3 rings (SSSR count). The van der Waals surface area contributed by atoms with Gasteiger partial charge in [0, 0.05) is 24.9 Å². The average molecular weight is 315 g/mol. The van der Waals surface area contributed by atoms with Gasteiger partial charge in [0.25, 0.3) is 0 Å². The van der Waals surface area contributed by atoms with Crippen LogP contribution in [0.15, 0.2) is 36.5 Å². The van der Waals surface area contributed by atoms with Gasteiger partial charge in [-0.15, -0.1) is 0 Å². The topological polar surface area (TPSA) is 64.8 Å². The number of benzene rings is 1. The number of aryl methyl sites for hydroxylation is 2. The van der Waals surface area contributed by atoms with Crippen molar-refractivity contribution in [2.24, 2.45) is 7.05 Å². The fourth-order valence-electron chi connectivity index (χ4n) is 2.52. The molecule has 2 aromatic heterocycles. The number of sulfone groups is 1. The molecule has 0 radical (unpaired) electrons. The lowest BCUT2D eigenvalue weighted by Gasteiger charge is -2.07. The second kappa shape index (κ2) is 5.21. The van der Waals surface area contributed by atoms with Crippen molar-refractivity contribution in [1.82, 2.24) is 14.8 Å². The summed E-state index contributed by atoms with van der Waals surface area (Å²) in [6, 6.07) is 9.49. The summed E-state index contributed by atoms with van der Waals surface area (Å²) in [6.45, 7) is 2.00. The second-order valence-electron chi connectivity index (χ2n) is 5.62. The first-order chi connectivity index (χ1) is 10.3. The maximum absolute atomic E-state index is 11.4. The minimum atomic E-state index is -3.04. The highest BCUT2D eigenvalue weighted by atomic mass is 32.2. The first-order valence-corrected chi connectivity index (χ1v) is 8.96. The Morgan fingerprint density at radius 2 is 1.91 bits per heavy atom. The molecule has 0 atom stereocenters. The van der Waals surface area contributed by atoms with E-state index in [9.17, 15) is 8.42 Å². The second-order valence-corrected chi connectivity index (χ2v) is 7.76. The Morgan fingerprint density at radius 1 is 1.14 bits per heavy atom. The van der Waals surface area contributed by atoms with Crippen molar-refractivity contribution in [2.75, 3.05) is 6.26 Å². The Hall–Kier alpha value is -2.21.